The van der Waals surface area contributed by atoms with Crippen molar-refractivity contribution in [3.05, 3.63) is 59.7 Å². The van der Waals surface area contributed by atoms with Crippen LogP contribution in [0.5, 0.6) is 11.5 Å². The second kappa shape index (κ2) is 14.7. The van der Waals surface area contributed by atoms with Gasteiger partial charge < -0.3 is 42.1 Å². The summed E-state index contributed by atoms with van der Waals surface area (Å²) >= 11 is 0. The van der Waals surface area contributed by atoms with Crippen LogP contribution < -0.4 is 21.7 Å². The Morgan fingerprint density at radius 2 is 1.15 bits per heavy atom. The van der Waals surface area contributed by atoms with Gasteiger partial charge in [0.05, 0.1) is 12.6 Å². The molecule has 12 heteroatoms. The highest BCUT2D eigenvalue weighted by Gasteiger charge is 2.30. The molecule has 0 aliphatic carbocycles. The summed E-state index contributed by atoms with van der Waals surface area (Å²) in [6.45, 7) is 2.76. The lowest BCUT2D eigenvalue weighted by Gasteiger charge is -2.25. The number of hydrogen-bond acceptors (Lipinski definition) is 8. The van der Waals surface area contributed by atoms with Gasteiger partial charge in [-0.2, -0.15) is 0 Å². The van der Waals surface area contributed by atoms with Crippen LogP contribution in [0, 0.1) is 5.92 Å². The summed E-state index contributed by atoms with van der Waals surface area (Å²) in [5.74, 6) is -3.58. The van der Waals surface area contributed by atoms with Gasteiger partial charge in [0.15, 0.2) is 0 Å². The highest BCUT2D eigenvalue weighted by atomic mass is 16.4. The Labute approximate surface area is 226 Å². The monoisotopic (exact) mass is 544 g/mol. The van der Waals surface area contributed by atoms with Gasteiger partial charge in [-0.25, -0.2) is 4.79 Å². The van der Waals surface area contributed by atoms with E-state index in [-0.39, 0.29) is 36.7 Å². The van der Waals surface area contributed by atoms with E-state index >= 15 is 0 Å². The predicted molar refractivity (Wildman–Crippen MR) is 142 cm³/mol. The SMILES string of the molecule is CC(C)C[C@H](NC(=O)[C@H](CO)NC(=O)[C@H](Cc1ccc(O)cc1)NC(=O)[C@@H](N)Cc1ccc(O)cc1)C(=O)O. The van der Waals surface area contributed by atoms with E-state index in [1.54, 1.807) is 38.1 Å². The Hall–Kier alpha value is -4.16. The number of aliphatic hydroxyl groups excluding tert-OH is 1. The van der Waals surface area contributed by atoms with E-state index in [2.05, 4.69) is 16.0 Å². The second-order valence-electron chi connectivity index (χ2n) is 9.68. The van der Waals surface area contributed by atoms with Crippen molar-refractivity contribution in [3.63, 3.8) is 0 Å². The van der Waals surface area contributed by atoms with Crippen molar-refractivity contribution >= 4 is 23.7 Å². The molecule has 0 unspecified atom stereocenters. The molecule has 2 aromatic rings. The molecule has 0 radical (unpaired) electrons. The van der Waals surface area contributed by atoms with Crippen LogP contribution >= 0.6 is 0 Å². The van der Waals surface area contributed by atoms with Crippen molar-refractivity contribution in [1.29, 1.82) is 0 Å². The summed E-state index contributed by atoms with van der Waals surface area (Å²) in [6, 6.07) is 7.10. The van der Waals surface area contributed by atoms with E-state index in [1.165, 1.54) is 24.3 Å². The minimum absolute atomic E-state index is 0.00565. The molecular weight excluding hydrogens is 508 g/mol. The molecule has 0 aliphatic rings. The summed E-state index contributed by atoms with van der Waals surface area (Å²) < 4.78 is 0. The van der Waals surface area contributed by atoms with Gasteiger partial charge in [-0.1, -0.05) is 38.1 Å². The number of nitrogens with two attached hydrogens (primary N) is 1. The number of rotatable bonds is 14. The summed E-state index contributed by atoms with van der Waals surface area (Å²) in [7, 11) is 0. The molecule has 2 aromatic carbocycles. The van der Waals surface area contributed by atoms with Crippen LogP contribution in [0.3, 0.4) is 0 Å². The highest BCUT2D eigenvalue weighted by molar-refractivity contribution is 5.94. The molecule has 0 aromatic heterocycles. The van der Waals surface area contributed by atoms with E-state index in [0.29, 0.717) is 11.1 Å². The highest BCUT2D eigenvalue weighted by Crippen LogP contribution is 2.13. The molecule has 0 heterocycles. The Morgan fingerprint density at radius 1 is 0.718 bits per heavy atom. The van der Waals surface area contributed by atoms with E-state index in [0.717, 1.165) is 0 Å². The Balaban J connectivity index is 2.16. The fourth-order valence-corrected chi connectivity index (χ4v) is 3.77. The van der Waals surface area contributed by atoms with E-state index < -0.39 is 54.5 Å². The van der Waals surface area contributed by atoms with Gasteiger partial charge >= 0.3 is 5.97 Å². The average Bonchev–Trinajstić information content (AvgIpc) is 2.88. The Bertz CT molecular complexity index is 1120. The van der Waals surface area contributed by atoms with Gasteiger partial charge in [0.25, 0.3) is 0 Å². The number of aliphatic carboxylic acids is 1. The zero-order valence-corrected chi connectivity index (χ0v) is 21.8. The van der Waals surface area contributed by atoms with Crippen molar-refractivity contribution in [3.8, 4) is 11.5 Å². The maximum atomic E-state index is 13.2. The molecule has 9 N–H and O–H groups in total. The maximum Gasteiger partial charge on any atom is 0.326 e. The smallest absolute Gasteiger partial charge is 0.326 e. The number of carboxylic acid groups (broad SMARTS) is 1. The minimum Gasteiger partial charge on any atom is -0.508 e. The molecule has 0 saturated carbocycles. The predicted octanol–water partition coefficient (Wildman–Crippen LogP) is -0.212. The molecule has 0 bridgehead atoms. The maximum absolute atomic E-state index is 13.2. The van der Waals surface area contributed by atoms with Gasteiger partial charge in [0.1, 0.15) is 29.6 Å². The lowest BCUT2D eigenvalue weighted by molar-refractivity contribution is -0.143. The van der Waals surface area contributed by atoms with Crippen molar-refractivity contribution in [2.24, 2.45) is 11.7 Å². The largest absolute Gasteiger partial charge is 0.508 e. The first-order valence-electron chi connectivity index (χ1n) is 12.5. The molecule has 2 rings (SSSR count). The first kappa shape index (κ1) is 31.1. The van der Waals surface area contributed by atoms with Crippen LogP contribution in [0.15, 0.2) is 48.5 Å². The summed E-state index contributed by atoms with van der Waals surface area (Å²) in [5, 5.41) is 45.4. The fraction of sp³-hybridized carbons (Fsp3) is 0.407. The number of amides is 3. The molecule has 0 spiro atoms. The topological polar surface area (TPSA) is 211 Å². The quantitative estimate of drug-likeness (QED) is 0.158. The van der Waals surface area contributed by atoms with E-state index in [4.69, 9.17) is 5.73 Å². The third kappa shape index (κ3) is 10.3. The number of aromatic hydroxyl groups is 2. The number of hydrogen-bond donors (Lipinski definition) is 8. The van der Waals surface area contributed by atoms with E-state index in [1.807, 2.05) is 0 Å². The molecule has 3 amide bonds. The number of carboxylic acids is 1. The molecule has 212 valence electrons. The van der Waals surface area contributed by atoms with Crippen molar-refractivity contribution in [1.82, 2.24) is 16.0 Å². The number of phenols is 2. The number of aliphatic hydroxyl groups is 1. The molecule has 0 saturated heterocycles. The van der Waals surface area contributed by atoms with Crippen LogP contribution in [0.25, 0.3) is 0 Å². The van der Waals surface area contributed by atoms with Gasteiger partial charge in [0.2, 0.25) is 17.7 Å². The van der Waals surface area contributed by atoms with Gasteiger partial charge in [-0.3, -0.25) is 14.4 Å². The number of carbonyl (C=O) groups excluding carboxylic acids is 3. The molecule has 39 heavy (non-hydrogen) atoms. The summed E-state index contributed by atoms with van der Waals surface area (Å²) in [5.41, 5.74) is 7.31. The van der Waals surface area contributed by atoms with Gasteiger partial charge in [-0.15, -0.1) is 0 Å². The Morgan fingerprint density at radius 3 is 1.62 bits per heavy atom. The van der Waals surface area contributed by atoms with Crippen molar-refractivity contribution < 1.29 is 39.6 Å². The molecular formula is C27H36N4O8. The first-order chi connectivity index (χ1) is 18.4. The van der Waals surface area contributed by atoms with Crippen LogP contribution in [0.4, 0.5) is 0 Å². The minimum atomic E-state index is -1.48. The summed E-state index contributed by atoms with van der Waals surface area (Å²) in [6.07, 6.45) is 0.230. The lowest BCUT2D eigenvalue weighted by atomic mass is 10.0. The number of benzene rings is 2. The van der Waals surface area contributed by atoms with Crippen LogP contribution in [0.1, 0.15) is 31.4 Å². The van der Waals surface area contributed by atoms with Crippen LogP contribution in [-0.2, 0) is 32.0 Å². The van der Waals surface area contributed by atoms with Crippen LogP contribution in [-0.4, -0.2) is 74.9 Å². The summed E-state index contributed by atoms with van der Waals surface area (Å²) in [4.78, 5) is 50.3. The molecule has 4 atom stereocenters. The molecule has 0 aliphatic heterocycles. The zero-order chi connectivity index (χ0) is 29.1. The molecule has 0 fully saturated rings. The van der Waals surface area contributed by atoms with Crippen molar-refractivity contribution in [2.75, 3.05) is 6.61 Å². The number of carbonyl (C=O) groups is 4. The fourth-order valence-electron chi connectivity index (χ4n) is 3.77. The number of phenolic OH excluding ortho intramolecular Hbond substituents is 2. The normalized spacial score (nSPS) is 14.1. The third-order valence-electron chi connectivity index (χ3n) is 5.88. The van der Waals surface area contributed by atoms with Gasteiger partial charge in [-0.05, 0) is 54.2 Å². The van der Waals surface area contributed by atoms with Crippen molar-refractivity contribution in [2.45, 2.75) is 57.3 Å². The van der Waals surface area contributed by atoms with Crippen LogP contribution in [0.2, 0.25) is 0 Å². The standard InChI is InChI=1S/C27H36N4O8/c1-15(2)11-22(27(38)39)30-26(37)23(14-32)31-25(36)21(13-17-5-9-19(34)10-6-17)29-24(35)20(28)12-16-3-7-18(33)8-4-16/h3-10,15,20-23,32-34H,11-14,28H2,1-2H3,(H,29,35)(H,30,37)(H,31,36)(H,38,39)/t20-,21-,22-,23-/m0/s1. The molecule has 12 nitrogen and oxygen atoms in total. The lowest BCUT2D eigenvalue weighted by Crippen LogP contribution is -2.58. The van der Waals surface area contributed by atoms with Gasteiger partial charge in [0, 0.05) is 6.42 Å². The average molecular weight is 545 g/mol. The second-order valence-corrected chi connectivity index (χ2v) is 9.68. The first-order valence-corrected chi connectivity index (χ1v) is 12.5. The third-order valence-corrected chi connectivity index (χ3v) is 5.88. The number of nitrogens with one attached hydrogen (secondary N) is 3. The van der Waals surface area contributed by atoms with E-state index in [9.17, 15) is 39.6 Å². The Kier molecular flexibility index (Phi) is 11.7. The zero-order valence-electron chi connectivity index (χ0n) is 21.8.